The number of rotatable bonds is 7. The van der Waals surface area contributed by atoms with Crippen molar-refractivity contribution in [2.75, 3.05) is 53.6 Å². The first-order valence-corrected chi connectivity index (χ1v) is 12.1. The normalized spacial score (nSPS) is 20.7. The molecule has 7 nitrogen and oxygen atoms in total. The highest BCUT2D eigenvalue weighted by Crippen LogP contribution is 2.36. The summed E-state index contributed by atoms with van der Waals surface area (Å²) in [6.45, 7) is 2.15. The highest BCUT2D eigenvalue weighted by molar-refractivity contribution is 5.96. The number of nitrogens with one attached hydrogen (secondary N) is 1. The van der Waals surface area contributed by atoms with Crippen LogP contribution in [0, 0.1) is 5.82 Å². The Balaban J connectivity index is 1.30. The van der Waals surface area contributed by atoms with Crippen molar-refractivity contribution in [1.82, 2.24) is 19.8 Å². The number of methoxy groups -OCH3 is 2. The van der Waals surface area contributed by atoms with E-state index < -0.39 is 5.67 Å². The number of fused-ring (bicyclic) bond motifs is 1. The molecule has 1 amide bonds. The predicted octanol–water partition coefficient (Wildman–Crippen LogP) is 4.05. The fraction of sp³-hybridized carbons (Fsp3) is 0.407. The third-order valence-electron chi connectivity index (χ3n) is 7.04. The molecule has 0 saturated carbocycles. The highest BCUT2D eigenvalue weighted by atomic mass is 19.1. The van der Waals surface area contributed by atoms with Crippen LogP contribution in [-0.2, 0) is 9.53 Å². The van der Waals surface area contributed by atoms with Crippen LogP contribution in [0.25, 0.3) is 27.7 Å². The largest absolute Gasteiger partial charge is 0.496 e. The molecule has 1 saturated heterocycles. The van der Waals surface area contributed by atoms with Crippen LogP contribution in [0.1, 0.15) is 18.5 Å². The van der Waals surface area contributed by atoms with Crippen LogP contribution in [0.15, 0.2) is 42.6 Å². The zero-order valence-corrected chi connectivity index (χ0v) is 20.5. The summed E-state index contributed by atoms with van der Waals surface area (Å²) in [5.41, 5.74) is 2.86. The molecule has 1 atom stereocenters. The van der Waals surface area contributed by atoms with Gasteiger partial charge >= 0.3 is 0 Å². The lowest BCUT2D eigenvalue weighted by molar-refractivity contribution is -0.132. The number of nitrogens with zero attached hydrogens (tertiary/aromatic N) is 3. The molecule has 0 spiro atoms. The topological polar surface area (TPSA) is 70.7 Å². The Labute approximate surface area is 208 Å². The number of aromatic nitrogens is 2. The van der Waals surface area contributed by atoms with E-state index in [9.17, 15) is 13.6 Å². The van der Waals surface area contributed by atoms with Gasteiger partial charge in [0.25, 0.3) is 0 Å². The molecule has 2 aliphatic rings. The van der Waals surface area contributed by atoms with Gasteiger partial charge in [-0.05, 0) is 47.9 Å². The van der Waals surface area contributed by atoms with Crippen molar-refractivity contribution in [3.8, 4) is 16.9 Å². The minimum Gasteiger partial charge on any atom is -0.496 e. The van der Waals surface area contributed by atoms with Crippen LogP contribution >= 0.6 is 0 Å². The number of likely N-dealkylation sites (tertiary alicyclic amines) is 1. The number of aromatic amines is 1. The second kappa shape index (κ2) is 9.99. The Morgan fingerprint density at radius 3 is 2.81 bits per heavy atom. The number of hydrogen-bond donors (Lipinski definition) is 1. The standard InChI is InChI=1S/C27H30F2N4O3/c1-35-17-27(29)8-12-33(16-27)25(34)15-32-10-6-18(7-11-32)23-14-22-20(5-9-30-26(22)31-23)21-13-19(28)3-4-24(21)36-2/h3-6,9,13-14H,7-8,10-12,15-17H2,1-2H3,(H,30,31). The number of halogens is 2. The van der Waals surface area contributed by atoms with Gasteiger partial charge in [0, 0.05) is 56.0 Å². The molecule has 1 aromatic carbocycles. The summed E-state index contributed by atoms with van der Waals surface area (Å²) < 4.78 is 39.1. The molecule has 0 bridgehead atoms. The fourth-order valence-corrected chi connectivity index (χ4v) is 5.14. The quantitative estimate of drug-likeness (QED) is 0.535. The molecule has 1 unspecified atom stereocenters. The Morgan fingerprint density at radius 1 is 1.19 bits per heavy atom. The third-order valence-corrected chi connectivity index (χ3v) is 7.04. The fourth-order valence-electron chi connectivity index (χ4n) is 5.14. The van der Waals surface area contributed by atoms with E-state index in [-0.39, 0.29) is 31.4 Å². The van der Waals surface area contributed by atoms with E-state index in [2.05, 4.69) is 20.9 Å². The van der Waals surface area contributed by atoms with Crippen molar-refractivity contribution in [1.29, 1.82) is 0 Å². The number of pyridine rings is 1. The van der Waals surface area contributed by atoms with Gasteiger partial charge in [0.2, 0.25) is 5.91 Å². The van der Waals surface area contributed by atoms with E-state index >= 15 is 0 Å². The molecule has 36 heavy (non-hydrogen) atoms. The molecule has 2 aromatic heterocycles. The van der Waals surface area contributed by atoms with Crippen LogP contribution in [0.3, 0.4) is 0 Å². The Bertz CT molecular complexity index is 1310. The van der Waals surface area contributed by atoms with Crippen molar-refractivity contribution in [2.45, 2.75) is 18.5 Å². The van der Waals surface area contributed by atoms with Crippen molar-refractivity contribution in [3.05, 3.63) is 54.1 Å². The van der Waals surface area contributed by atoms with Crippen LogP contribution in [0.5, 0.6) is 5.75 Å². The van der Waals surface area contributed by atoms with E-state index in [1.54, 1.807) is 24.3 Å². The summed E-state index contributed by atoms with van der Waals surface area (Å²) in [5, 5.41) is 0.884. The second-order valence-corrected chi connectivity index (χ2v) is 9.51. The van der Waals surface area contributed by atoms with Crippen LogP contribution in [0.4, 0.5) is 8.78 Å². The lowest BCUT2D eigenvalue weighted by Crippen LogP contribution is -2.42. The molecule has 0 radical (unpaired) electrons. The SMILES string of the molecule is COCC1(F)CCN(C(=O)CN2CC=C(c3cc4c(-c5cc(F)ccc5OC)ccnc4[nH]3)CC2)C1. The minimum atomic E-state index is -1.45. The summed E-state index contributed by atoms with van der Waals surface area (Å²) in [6.07, 6.45) is 4.88. The first kappa shape index (κ1) is 24.4. The summed E-state index contributed by atoms with van der Waals surface area (Å²) in [4.78, 5) is 24.3. The number of alkyl halides is 1. The van der Waals surface area contributed by atoms with Gasteiger partial charge in [0.15, 0.2) is 5.67 Å². The second-order valence-electron chi connectivity index (χ2n) is 9.51. The molecule has 190 valence electrons. The number of ether oxygens (including phenoxy) is 2. The molecule has 1 N–H and O–H groups in total. The summed E-state index contributed by atoms with van der Waals surface area (Å²) in [7, 11) is 3.05. The van der Waals surface area contributed by atoms with Gasteiger partial charge in [0.1, 0.15) is 17.2 Å². The van der Waals surface area contributed by atoms with E-state index in [1.165, 1.54) is 19.2 Å². The van der Waals surface area contributed by atoms with Crippen molar-refractivity contribution in [3.63, 3.8) is 0 Å². The predicted molar refractivity (Wildman–Crippen MR) is 134 cm³/mol. The molecule has 3 aromatic rings. The van der Waals surface area contributed by atoms with Gasteiger partial charge in [0.05, 0.1) is 26.8 Å². The maximum atomic E-state index is 14.7. The van der Waals surface area contributed by atoms with Crippen LogP contribution < -0.4 is 4.74 Å². The van der Waals surface area contributed by atoms with Gasteiger partial charge in [-0.2, -0.15) is 0 Å². The zero-order valence-electron chi connectivity index (χ0n) is 20.5. The molecule has 0 aliphatic carbocycles. The van der Waals surface area contributed by atoms with E-state index in [1.807, 2.05) is 12.1 Å². The average molecular weight is 497 g/mol. The van der Waals surface area contributed by atoms with Crippen LogP contribution in [-0.4, -0.2) is 84.9 Å². The molecule has 9 heteroatoms. The molecule has 4 heterocycles. The van der Waals surface area contributed by atoms with E-state index in [0.29, 0.717) is 36.5 Å². The van der Waals surface area contributed by atoms with Gasteiger partial charge in [-0.25, -0.2) is 13.8 Å². The Hall–Kier alpha value is -3.30. The van der Waals surface area contributed by atoms with Crippen molar-refractivity contribution < 1.29 is 23.0 Å². The lowest BCUT2D eigenvalue weighted by atomic mass is 10.0. The molecular formula is C27H30F2N4O3. The van der Waals surface area contributed by atoms with Crippen LogP contribution in [0.2, 0.25) is 0 Å². The van der Waals surface area contributed by atoms with Gasteiger partial charge in [-0.1, -0.05) is 6.08 Å². The molecule has 1 fully saturated rings. The number of carbonyl (C=O) groups excluding carboxylic acids is 1. The van der Waals surface area contributed by atoms with Gasteiger partial charge < -0.3 is 19.4 Å². The summed E-state index contributed by atoms with van der Waals surface area (Å²) >= 11 is 0. The van der Waals surface area contributed by atoms with Crippen molar-refractivity contribution in [2.24, 2.45) is 0 Å². The van der Waals surface area contributed by atoms with E-state index in [0.717, 1.165) is 35.2 Å². The Morgan fingerprint density at radius 2 is 2.06 bits per heavy atom. The smallest absolute Gasteiger partial charge is 0.236 e. The third kappa shape index (κ3) is 4.85. The number of carbonyl (C=O) groups is 1. The number of amides is 1. The summed E-state index contributed by atoms with van der Waals surface area (Å²) in [5.74, 6) is 0.209. The van der Waals surface area contributed by atoms with Gasteiger partial charge in [-0.3, -0.25) is 9.69 Å². The Kier molecular flexibility index (Phi) is 6.77. The number of benzene rings is 1. The molecular weight excluding hydrogens is 466 g/mol. The molecule has 5 rings (SSSR count). The van der Waals surface area contributed by atoms with Crippen molar-refractivity contribution >= 4 is 22.5 Å². The highest BCUT2D eigenvalue weighted by Gasteiger charge is 2.40. The monoisotopic (exact) mass is 496 g/mol. The van der Waals surface area contributed by atoms with Gasteiger partial charge in [-0.15, -0.1) is 0 Å². The number of H-pyrrole nitrogens is 1. The number of hydrogen-bond acceptors (Lipinski definition) is 5. The first-order valence-electron chi connectivity index (χ1n) is 12.1. The maximum Gasteiger partial charge on any atom is 0.236 e. The minimum absolute atomic E-state index is 0.0135. The van der Waals surface area contributed by atoms with E-state index in [4.69, 9.17) is 9.47 Å². The zero-order chi connectivity index (χ0) is 25.3. The lowest BCUT2D eigenvalue weighted by Gasteiger charge is -2.28. The first-order chi connectivity index (χ1) is 17.4. The average Bonchev–Trinajstić information content (AvgIpc) is 3.48. The maximum absolute atomic E-state index is 14.7. The molecule has 2 aliphatic heterocycles. The summed E-state index contributed by atoms with van der Waals surface area (Å²) in [6, 6.07) is 8.37.